The highest BCUT2D eigenvalue weighted by molar-refractivity contribution is 5.76. The van der Waals surface area contributed by atoms with Crippen molar-refractivity contribution in [3.05, 3.63) is 24.3 Å². The minimum Gasteiger partial charge on any atom is -0.466 e. The van der Waals surface area contributed by atoms with E-state index in [2.05, 4.69) is 43.5 Å². The first-order valence-electron chi connectivity index (χ1n) is 30.6. The molecule has 0 aliphatic heterocycles. The Bertz CT molecular complexity index is 1060. The van der Waals surface area contributed by atoms with Crippen LogP contribution in [0, 0.1) is 0 Å². The van der Waals surface area contributed by atoms with Gasteiger partial charge in [0.25, 0.3) is 0 Å². The molecule has 1 amide bonds. The molecule has 0 bridgehead atoms. The third-order valence-corrected chi connectivity index (χ3v) is 14.2. The van der Waals surface area contributed by atoms with Gasteiger partial charge < -0.3 is 20.3 Å². The van der Waals surface area contributed by atoms with Crippen molar-refractivity contribution in [2.75, 3.05) is 13.2 Å². The Kier molecular flexibility index (Phi) is 56.5. The summed E-state index contributed by atoms with van der Waals surface area (Å²) in [5, 5.41) is 23.2. The molecule has 0 aliphatic rings. The second-order valence-corrected chi connectivity index (χ2v) is 21.0. The summed E-state index contributed by atoms with van der Waals surface area (Å²) in [4.78, 5) is 24.5. The fourth-order valence-electron chi connectivity index (χ4n) is 9.56. The number of ether oxygens (including phenoxy) is 1. The van der Waals surface area contributed by atoms with Crippen molar-refractivity contribution >= 4 is 11.9 Å². The van der Waals surface area contributed by atoms with E-state index in [0.717, 1.165) is 51.4 Å². The van der Waals surface area contributed by atoms with Crippen LogP contribution in [0.3, 0.4) is 0 Å². The molecule has 0 aromatic heterocycles. The molecule has 0 aromatic carbocycles. The van der Waals surface area contributed by atoms with Gasteiger partial charge >= 0.3 is 5.97 Å². The Balaban J connectivity index is 3.33. The zero-order valence-corrected chi connectivity index (χ0v) is 45.9. The van der Waals surface area contributed by atoms with E-state index in [4.69, 9.17) is 4.74 Å². The van der Waals surface area contributed by atoms with Crippen molar-refractivity contribution in [1.82, 2.24) is 5.32 Å². The summed E-state index contributed by atoms with van der Waals surface area (Å²) in [6, 6.07) is -0.537. The van der Waals surface area contributed by atoms with Gasteiger partial charge in [0.2, 0.25) is 5.91 Å². The van der Waals surface area contributed by atoms with Gasteiger partial charge in [0, 0.05) is 12.8 Å². The summed E-state index contributed by atoms with van der Waals surface area (Å²) in [6.07, 6.45) is 70.6. The molecular weight excluding hydrogens is 839 g/mol. The van der Waals surface area contributed by atoms with Gasteiger partial charge in [0.1, 0.15) is 0 Å². The molecule has 402 valence electrons. The number of allylic oxidation sites excluding steroid dienone is 4. The number of aliphatic hydroxyl groups is 2. The molecule has 68 heavy (non-hydrogen) atoms. The third kappa shape index (κ3) is 53.7. The minimum absolute atomic E-state index is 0.00275. The number of rotatable bonds is 57. The molecule has 0 aromatic rings. The number of carbonyl (C=O) groups excluding carboxylic acids is 2. The molecule has 6 nitrogen and oxygen atoms in total. The normalized spacial score (nSPS) is 12.7. The predicted molar refractivity (Wildman–Crippen MR) is 296 cm³/mol. The molecule has 2 unspecified atom stereocenters. The van der Waals surface area contributed by atoms with Crippen LogP contribution in [0.25, 0.3) is 0 Å². The third-order valence-electron chi connectivity index (χ3n) is 14.2. The van der Waals surface area contributed by atoms with Gasteiger partial charge in [-0.05, 0) is 51.4 Å². The number of hydrogen-bond donors (Lipinski definition) is 3. The van der Waals surface area contributed by atoms with E-state index >= 15 is 0 Å². The van der Waals surface area contributed by atoms with E-state index in [1.807, 2.05) is 0 Å². The van der Waals surface area contributed by atoms with Gasteiger partial charge in [-0.15, -0.1) is 0 Å². The summed E-state index contributed by atoms with van der Waals surface area (Å²) in [5.41, 5.74) is 0. The van der Waals surface area contributed by atoms with Crippen molar-refractivity contribution in [2.45, 2.75) is 347 Å². The molecule has 0 saturated carbocycles. The molecule has 6 heteroatoms. The molecule has 0 saturated heterocycles. The second-order valence-electron chi connectivity index (χ2n) is 21.0. The van der Waals surface area contributed by atoms with E-state index in [1.165, 1.54) is 250 Å². The number of carbonyl (C=O) groups is 2. The van der Waals surface area contributed by atoms with Crippen LogP contribution in [0.15, 0.2) is 24.3 Å². The first kappa shape index (κ1) is 66.3. The Hall–Kier alpha value is -1.66. The Labute approximate surface area is 424 Å². The summed E-state index contributed by atoms with van der Waals surface area (Å²) >= 11 is 0. The number of esters is 1. The fraction of sp³-hybridized carbons (Fsp3) is 0.903. The number of nitrogens with one attached hydrogen (secondary N) is 1. The van der Waals surface area contributed by atoms with Gasteiger partial charge in [-0.2, -0.15) is 0 Å². The smallest absolute Gasteiger partial charge is 0.305 e. The van der Waals surface area contributed by atoms with E-state index in [-0.39, 0.29) is 18.5 Å². The van der Waals surface area contributed by atoms with Crippen molar-refractivity contribution < 1.29 is 24.5 Å². The minimum atomic E-state index is -0.660. The molecule has 0 radical (unpaired) electrons. The van der Waals surface area contributed by atoms with Gasteiger partial charge in [0.15, 0.2) is 0 Å². The van der Waals surface area contributed by atoms with Crippen LogP contribution in [-0.2, 0) is 14.3 Å². The largest absolute Gasteiger partial charge is 0.466 e. The first-order valence-corrected chi connectivity index (χ1v) is 30.6. The maximum absolute atomic E-state index is 12.4. The molecule has 0 aliphatic carbocycles. The number of aliphatic hydroxyl groups excluding tert-OH is 2. The maximum atomic E-state index is 12.4. The summed E-state index contributed by atoms with van der Waals surface area (Å²) in [5.74, 6) is -0.0295. The quantitative estimate of drug-likeness (QED) is 0.0321. The molecule has 0 fully saturated rings. The van der Waals surface area contributed by atoms with Crippen LogP contribution in [0.5, 0.6) is 0 Å². The standard InChI is InChI=1S/C62H119NO5/c1-3-5-7-9-11-13-15-31-36-40-44-48-52-56-62(67)68-57-53-49-45-41-37-33-30-28-26-24-22-20-18-16-17-19-21-23-25-27-29-32-35-39-43-47-51-55-61(66)63-59(58-64)60(65)54-50-46-42-38-34-14-12-10-8-6-4-2/h7,9,13,15,59-60,64-65H,3-6,8,10-12,14,16-58H2,1-2H3,(H,63,66)/b9-7-,15-13-. The Morgan fingerprint density at radius 3 is 1.18 bits per heavy atom. The average molecular weight is 959 g/mol. The second kappa shape index (κ2) is 57.9. The van der Waals surface area contributed by atoms with Gasteiger partial charge in [-0.3, -0.25) is 9.59 Å². The number of amides is 1. The van der Waals surface area contributed by atoms with Crippen LogP contribution in [-0.4, -0.2) is 47.4 Å². The van der Waals surface area contributed by atoms with Crippen LogP contribution in [0.4, 0.5) is 0 Å². The van der Waals surface area contributed by atoms with E-state index in [0.29, 0.717) is 25.9 Å². The first-order chi connectivity index (χ1) is 33.5. The van der Waals surface area contributed by atoms with Crippen LogP contribution < -0.4 is 5.32 Å². The highest BCUT2D eigenvalue weighted by Crippen LogP contribution is 2.18. The van der Waals surface area contributed by atoms with Crippen LogP contribution >= 0.6 is 0 Å². The highest BCUT2D eigenvalue weighted by Gasteiger charge is 2.20. The molecule has 0 heterocycles. The van der Waals surface area contributed by atoms with Crippen molar-refractivity contribution in [2.24, 2.45) is 0 Å². The van der Waals surface area contributed by atoms with Crippen LogP contribution in [0.2, 0.25) is 0 Å². The lowest BCUT2D eigenvalue weighted by atomic mass is 10.0. The molecule has 2 atom stereocenters. The predicted octanol–water partition coefficient (Wildman–Crippen LogP) is 19.0. The SMILES string of the molecule is CCC/C=C\C/C=C\CCCCCCCC(=O)OCCCCCCCCCCCCCCCCCCCCCCCCCCCCCC(=O)NC(CO)C(O)CCCCCCCCCCCCC. The summed E-state index contributed by atoms with van der Waals surface area (Å²) < 4.78 is 5.47. The van der Waals surface area contributed by atoms with Gasteiger partial charge in [-0.1, -0.05) is 295 Å². The number of hydrogen-bond acceptors (Lipinski definition) is 5. The lowest BCUT2D eigenvalue weighted by molar-refractivity contribution is -0.143. The fourth-order valence-corrected chi connectivity index (χ4v) is 9.56. The molecule has 3 N–H and O–H groups in total. The van der Waals surface area contributed by atoms with E-state index in [1.54, 1.807) is 0 Å². The van der Waals surface area contributed by atoms with Crippen LogP contribution in [0.1, 0.15) is 335 Å². The lowest BCUT2D eigenvalue weighted by Crippen LogP contribution is -2.45. The van der Waals surface area contributed by atoms with Gasteiger partial charge in [0.05, 0.1) is 25.4 Å². The molecule has 0 rings (SSSR count). The zero-order valence-electron chi connectivity index (χ0n) is 45.9. The average Bonchev–Trinajstić information content (AvgIpc) is 3.34. The number of unbranched alkanes of at least 4 members (excludes halogenated alkanes) is 42. The van der Waals surface area contributed by atoms with Gasteiger partial charge in [-0.25, -0.2) is 0 Å². The zero-order chi connectivity index (χ0) is 49.3. The van der Waals surface area contributed by atoms with E-state index in [9.17, 15) is 19.8 Å². The monoisotopic (exact) mass is 958 g/mol. The van der Waals surface area contributed by atoms with E-state index < -0.39 is 12.1 Å². The molecular formula is C62H119NO5. The lowest BCUT2D eigenvalue weighted by Gasteiger charge is -2.22. The molecule has 0 spiro atoms. The van der Waals surface area contributed by atoms with Crippen molar-refractivity contribution in [3.63, 3.8) is 0 Å². The summed E-state index contributed by atoms with van der Waals surface area (Å²) in [7, 11) is 0. The maximum Gasteiger partial charge on any atom is 0.305 e. The summed E-state index contributed by atoms with van der Waals surface area (Å²) in [6.45, 7) is 4.89. The Morgan fingerprint density at radius 1 is 0.412 bits per heavy atom. The Morgan fingerprint density at radius 2 is 0.765 bits per heavy atom. The van der Waals surface area contributed by atoms with Crippen molar-refractivity contribution in [1.29, 1.82) is 0 Å². The topological polar surface area (TPSA) is 95.9 Å². The highest BCUT2D eigenvalue weighted by atomic mass is 16.5. The van der Waals surface area contributed by atoms with Crippen molar-refractivity contribution in [3.8, 4) is 0 Å².